The van der Waals surface area contributed by atoms with Crippen LogP contribution < -0.4 is 5.32 Å². The van der Waals surface area contributed by atoms with Gasteiger partial charge in [0, 0.05) is 31.1 Å². The van der Waals surface area contributed by atoms with Crippen molar-refractivity contribution >= 4 is 23.2 Å². The number of carbonyl (C=O) groups excluding carboxylic acids is 1. The minimum Gasteiger partial charge on any atom is -0.375 e. The minimum atomic E-state index is -4.75. The fraction of sp³-hybridized carbons (Fsp3) is 0.652. The highest BCUT2D eigenvalue weighted by Crippen LogP contribution is 2.40. The van der Waals surface area contributed by atoms with Gasteiger partial charge in [-0.3, -0.25) is 9.20 Å². The standard InChI is InChI=1S/C23H27ClF5N3O2/c1-21(2)12-15(5-8-34-21)30-20(33)14-10-17(24)32-16(9-13-3-6-22(25,26)7-4-13)19(23(27,28)29)31-18(32)11-14/h10-11,13,15H,3-9,12H2,1-2H3,(H,30,33). The van der Waals surface area contributed by atoms with Crippen LogP contribution in [0.4, 0.5) is 22.0 Å². The van der Waals surface area contributed by atoms with Gasteiger partial charge < -0.3 is 10.1 Å². The lowest BCUT2D eigenvalue weighted by molar-refractivity contribution is -0.141. The number of pyridine rings is 1. The van der Waals surface area contributed by atoms with Crippen LogP contribution in [0.2, 0.25) is 5.15 Å². The van der Waals surface area contributed by atoms with Crippen molar-refractivity contribution in [2.75, 3.05) is 6.61 Å². The van der Waals surface area contributed by atoms with E-state index in [0.29, 0.717) is 19.4 Å². The van der Waals surface area contributed by atoms with Crippen molar-refractivity contribution in [3.05, 3.63) is 34.2 Å². The Morgan fingerprint density at radius 3 is 2.53 bits per heavy atom. The van der Waals surface area contributed by atoms with E-state index in [9.17, 15) is 26.7 Å². The van der Waals surface area contributed by atoms with Crippen LogP contribution in [0.15, 0.2) is 12.1 Å². The number of rotatable bonds is 4. The summed E-state index contributed by atoms with van der Waals surface area (Å²) in [6, 6.07) is 2.45. The quantitative estimate of drug-likeness (QED) is 0.404. The summed E-state index contributed by atoms with van der Waals surface area (Å²) >= 11 is 6.36. The molecule has 2 aromatic rings. The summed E-state index contributed by atoms with van der Waals surface area (Å²) in [5.74, 6) is -3.57. The van der Waals surface area contributed by atoms with Gasteiger partial charge in [-0.1, -0.05) is 11.6 Å². The second-order valence-corrected chi connectivity index (χ2v) is 10.3. The van der Waals surface area contributed by atoms with Crippen molar-refractivity contribution in [3.63, 3.8) is 0 Å². The number of alkyl halides is 5. The third kappa shape index (κ3) is 5.48. The third-order valence-electron chi connectivity index (χ3n) is 6.65. The Morgan fingerprint density at radius 1 is 1.24 bits per heavy atom. The fourth-order valence-corrected chi connectivity index (χ4v) is 5.24. The lowest BCUT2D eigenvalue weighted by atomic mass is 9.83. The van der Waals surface area contributed by atoms with Crippen LogP contribution in [0.1, 0.15) is 74.1 Å². The minimum absolute atomic E-state index is 0.0749. The average molecular weight is 508 g/mol. The summed E-state index contributed by atoms with van der Waals surface area (Å²) in [4.78, 5) is 16.6. The second-order valence-electron chi connectivity index (χ2n) is 9.94. The van der Waals surface area contributed by atoms with Gasteiger partial charge >= 0.3 is 6.18 Å². The molecule has 1 unspecified atom stereocenters. The van der Waals surface area contributed by atoms with E-state index in [-0.39, 0.29) is 71.7 Å². The van der Waals surface area contributed by atoms with Crippen molar-refractivity contribution in [3.8, 4) is 0 Å². The van der Waals surface area contributed by atoms with E-state index >= 15 is 0 Å². The molecule has 2 fully saturated rings. The van der Waals surface area contributed by atoms with Gasteiger partial charge in [0.05, 0.1) is 11.3 Å². The maximum Gasteiger partial charge on any atom is 0.435 e. The lowest BCUT2D eigenvalue weighted by Gasteiger charge is -2.35. The van der Waals surface area contributed by atoms with E-state index < -0.39 is 23.7 Å². The molecule has 1 saturated carbocycles. The summed E-state index contributed by atoms with van der Waals surface area (Å²) in [5.41, 5.74) is -1.66. The largest absolute Gasteiger partial charge is 0.435 e. The number of imidazole rings is 1. The van der Waals surface area contributed by atoms with Crippen molar-refractivity contribution in [2.45, 2.75) is 82.5 Å². The Balaban J connectivity index is 1.63. The summed E-state index contributed by atoms with van der Waals surface area (Å²) in [5, 5.41) is 2.81. The number of amides is 1. The van der Waals surface area contributed by atoms with Gasteiger partial charge in [0.15, 0.2) is 5.69 Å². The maximum atomic E-state index is 13.8. The van der Waals surface area contributed by atoms with Crippen molar-refractivity contribution < 1.29 is 31.5 Å². The van der Waals surface area contributed by atoms with Crippen LogP contribution in [0.5, 0.6) is 0 Å². The molecule has 1 atom stereocenters. The Hall–Kier alpha value is -1.94. The van der Waals surface area contributed by atoms with Crippen molar-refractivity contribution in [1.29, 1.82) is 0 Å². The van der Waals surface area contributed by atoms with Gasteiger partial charge in [-0.05, 0) is 64.0 Å². The van der Waals surface area contributed by atoms with E-state index in [1.54, 1.807) is 0 Å². The number of hydrogen-bond acceptors (Lipinski definition) is 3. The Kier molecular flexibility index (Phi) is 6.61. The molecule has 188 valence electrons. The van der Waals surface area contributed by atoms with Gasteiger partial charge in [0.25, 0.3) is 5.91 Å². The summed E-state index contributed by atoms with van der Waals surface area (Å²) in [6.45, 7) is 4.34. The molecule has 4 rings (SSSR count). The SMILES string of the molecule is CC1(C)CC(NC(=O)c2cc(Cl)n3c(CC4CCC(F)(F)CC4)c(C(F)(F)F)nc3c2)CCO1. The molecule has 0 spiro atoms. The number of nitrogens with one attached hydrogen (secondary N) is 1. The summed E-state index contributed by atoms with van der Waals surface area (Å²) in [7, 11) is 0. The molecule has 1 aliphatic carbocycles. The van der Waals surface area contributed by atoms with Crippen LogP contribution >= 0.6 is 11.6 Å². The van der Waals surface area contributed by atoms with Gasteiger partial charge in [-0.2, -0.15) is 13.2 Å². The summed E-state index contributed by atoms with van der Waals surface area (Å²) < 4.78 is 75.3. The highest BCUT2D eigenvalue weighted by atomic mass is 35.5. The molecule has 1 saturated heterocycles. The Morgan fingerprint density at radius 2 is 1.91 bits per heavy atom. The van der Waals surface area contributed by atoms with Gasteiger partial charge in [0.2, 0.25) is 5.92 Å². The lowest BCUT2D eigenvalue weighted by Crippen LogP contribution is -2.45. The molecule has 0 bridgehead atoms. The first-order valence-electron chi connectivity index (χ1n) is 11.3. The molecule has 34 heavy (non-hydrogen) atoms. The van der Waals surface area contributed by atoms with Crippen LogP contribution in [0, 0.1) is 5.92 Å². The third-order valence-corrected chi connectivity index (χ3v) is 6.93. The van der Waals surface area contributed by atoms with Gasteiger partial charge in [0.1, 0.15) is 10.8 Å². The van der Waals surface area contributed by atoms with Crippen molar-refractivity contribution in [1.82, 2.24) is 14.7 Å². The predicted molar refractivity (Wildman–Crippen MR) is 116 cm³/mol. The maximum absolute atomic E-state index is 13.8. The highest BCUT2D eigenvalue weighted by molar-refractivity contribution is 6.30. The van der Waals surface area contributed by atoms with E-state index in [4.69, 9.17) is 16.3 Å². The Bertz CT molecular complexity index is 1070. The molecule has 3 heterocycles. The molecule has 0 aromatic carbocycles. The van der Waals surface area contributed by atoms with Crippen LogP contribution in [0.3, 0.4) is 0 Å². The number of hydrogen-bond donors (Lipinski definition) is 1. The Labute approximate surface area is 199 Å². The van der Waals surface area contributed by atoms with E-state index in [1.807, 2.05) is 13.8 Å². The molecular weight excluding hydrogens is 481 g/mol. The molecule has 11 heteroatoms. The molecule has 1 N–H and O–H groups in total. The molecule has 2 aromatic heterocycles. The number of ether oxygens (including phenoxy) is 1. The average Bonchev–Trinajstić information content (AvgIpc) is 3.08. The molecule has 2 aliphatic rings. The zero-order valence-electron chi connectivity index (χ0n) is 18.9. The van der Waals surface area contributed by atoms with Gasteiger partial charge in [-0.15, -0.1) is 0 Å². The smallest absolute Gasteiger partial charge is 0.375 e. The fourth-order valence-electron chi connectivity index (χ4n) is 4.93. The zero-order valence-corrected chi connectivity index (χ0v) is 19.7. The monoisotopic (exact) mass is 507 g/mol. The molecular formula is C23H27ClF5N3O2. The number of aromatic nitrogens is 2. The first-order valence-corrected chi connectivity index (χ1v) is 11.7. The molecule has 1 amide bonds. The first kappa shape index (κ1) is 25.2. The first-order chi connectivity index (χ1) is 15.7. The van der Waals surface area contributed by atoms with Crippen LogP contribution in [-0.4, -0.2) is 39.5 Å². The number of carbonyl (C=O) groups is 1. The molecule has 0 radical (unpaired) electrons. The normalized spacial score (nSPS) is 23.2. The molecule has 5 nitrogen and oxygen atoms in total. The summed E-state index contributed by atoms with van der Waals surface area (Å²) in [6.07, 6.45) is -4.06. The van der Waals surface area contributed by atoms with E-state index in [0.717, 1.165) is 0 Å². The predicted octanol–water partition coefficient (Wildman–Crippen LogP) is 6.06. The van der Waals surface area contributed by atoms with Gasteiger partial charge in [-0.25, -0.2) is 13.8 Å². The highest BCUT2D eigenvalue weighted by Gasteiger charge is 2.41. The van der Waals surface area contributed by atoms with Crippen LogP contribution in [0.25, 0.3) is 5.65 Å². The molecule has 1 aliphatic heterocycles. The van der Waals surface area contributed by atoms with Crippen LogP contribution in [-0.2, 0) is 17.3 Å². The number of nitrogens with zero attached hydrogens (tertiary/aromatic N) is 2. The zero-order chi connectivity index (χ0) is 24.9. The number of halogens is 6. The van der Waals surface area contributed by atoms with E-state index in [2.05, 4.69) is 10.3 Å². The van der Waals surface area contributed by atoms with E-state index in [1.165, 1.54) is 16.5 Å². The topological polar surface area (TPSA) is 55.6 Å². The van der Waals surface area contributed by atoms with Crippen molar-refractivity contribution in [2.24, 2.45) is 5.92 Å². The number of fused-ring (bicyclic) bond motifs is 1. The second kappa shape index (κ2) is 8.93.